The van der Waals surface area contributed by atoms with Gasteiger partial charge in [-0.05, 0) is 11.1 Å². The van der Waals surface area contributed by atoms with Crippen molar-refractivity contribution in [3.8, 4) is 0 Å². The van der Waals surface area contributed by atoms with Gasteiger partial charge in [0.25, 0.3) is 0 Å². The van der Waals surface area contributed by atoms with Crippen molar-refractivity contribution in [1.82, 2.24) is 5.32 Å². The third-order valence-electron chi connectivity index (χ3n) is 2.29. The molecule has 2 unspecified atom stereocenters. The van der Waals surface area contributed by atoms with Gasteiger partial charge in [0.2, 0.25) is 0 Å². The summed E-state index contributed by atoms with van der Waals surface area (Å²) in [7, 11) is 0. The first-order valence-corrected chi connectivity index (χ1v) is 5.34. The maximum Gasteiger partial charge on any atom is 1.00 e. The Morgan fingerprint density at radius 3 is 2.93 bits per heavy atom. The SMILES string of the molecule is O=S(O)C1CNCc2ccccc21.[H-].[Na+]. The average Bonchev–Trinajstić information content (AvgIpc) is 2.17. The summed E-state index contributed by atoms with van der Waals surface area (Å²) in [4.78, 5) is 0. The first-order chi connectivity index (χ1) is 6.29. The van der Waals surface area contributed by atoms with E-state index in [1.165, 1.54) is 0 Å². The van der Waals surface area contributed by atoms with E-state index in [9.17, 15) is 4.21 Å². The van der Waals surface area contributed by atoms with Crippen molar-refractivity contribution >= 4 is 11.1 Å². The van der Waals surface area contributed by atoms with Gasteiger partial charge in [0, 0.05) is 13.1 Å². The molecule has 0 amide bonds. The molecule has 1 aliphatic rings. The van der Waals surface area contributed by atoms with Crippen molar-refractivity contribution in [2.75, 3.05) is 6.54 Å². The number of hydrogen-bond acceptors (Lipinski definition) is 2. The van der Waals surface area contributed by atoms with E-state index in [4.69, 9.17) is 4.55 Å². The summed E-state index contributed by atoms with van der Waals surface area (Å²) in [5.41, 5.74) is 2.13. The monoisotopic (exact) mass is 221 g/mol. The molecule has 0 saturated heterocycles. The van der Waals surface area contributed by atoms with Crippen LogP contribution in [0.1, 0.15) is 17.8 Å². The van der Waals surface area contributed by atoms with Crippen LogP contribution in [0.15, 0.2) is 24.3 Å². The Bertz CT molecular complexity index is 351. The molecule has 0 aliphatic carbocycles. The predicted octanol–water partition coefficient (Wildman–Crippen LogP) is -1.83. The second kappa shape index (κ2) is 5.39. The summed E-state index contributed by atoms with van der Waals surface area (Å²) >= 11 is -1.78. The molecule has 1 aromatic carbocycles. The molecule has 1 aliphatic heterocycles. The zero-order valence-corrected chi connectivity index (χ0v) is 10.9. The Morgan fingerprint density at radius 1 is 1.50 bits per heavy atom. The Labute approximate surface area is 109 Å². The molecule has 0 aromatic heterocycles. The number of nitrogens with one attached hydrogen (secondary N) is 1. The van der Waals surface area contributed by atoms with Crippen molar-refractivity contribution in [2.24, 2.45) is 0 Å². The van der Waals surface area contributed by atoms with Crippen LogP contribution in [-0.4, -0.2) is 15.3 Å². The second-order valence-electron chi connectivity index (χ2n) is 3.09. The van der Waals surface area contributed by atoms with E-state index in [-0.39, 0.29) is 36.2 Å². The molecule has 0 saturated carbocycles. The molecule has 72 valence electrons. The number of fused-ring (bicyclic) bond motifs is 1. The molecular formula is C9H12NNaO2S. The van der Waals surface area contributed by atoms with Gasteiger partial charge in [-0.1, -0.05) is 24.3 Å². The van der Waals surface area contributed by atoms with E-state index >= 15 is 0 Å². The molecule has 2 N–H and O–H groups in total. The molecule has 0 spiro atoms. The number of benzene rings is 1. The fourth-order valence-corrected chi connectivity index (χ4v) is 2.34. The molecule has 5 heteroatoms. The van der Waals surface area contributed by atoms with Gasteiger partial charge in [0.15, 0.2) is 11.1 Å². The smallest absolute Gasteiger partial charge is 1.00 e. The summed E-state index contributed by atoms with van der Waals surface area (Å²) in [6, 6.07) is 7.77. The minimum atomic E-state index is -1.78. The van der Waals surface area contributed by atoms with Crippen LogP contribution in [-0.2, 0) is 17.6 Å². The maximum absolute atomic E-state index is 11.0. The summed E-state index contributed by atoms with van der Waals surface area (Å²) in [5.74, 6) is 0. The molecule has 2 rings (SSSR count). The molecular weight excluding hydrogens is 209 g/mol. The Morgan fingerprint density at radius 2 is 2.21 bits per heavy atom. The van der Waals surface area contributed by atoms with E-state index in [0.29, 0.717) is 6.54 Å². The minimum absolute atomic E-state index is 0. The van der Waals surface area contributed by atoms with Crippen LogP contribution in [0.2, 0.25) is 0 Å². The Hall–Kier alpha value is 0.290. The van der Waals surface area contributed by atoms with Crippen molar-refractivity contribution in [3.63, 3.8) is 0 Å². The van der Waals surface area contributed by atoms with Gasteiger partial charge in [0.05, 0.1) is 5.25 Å². The fraction of sp³-hybridized carbons (Fsp3) is 0.333. The van der Waals surface area contributed by atoms with Crippen LogP contribution in [0.4, 0.5) is 0 Å². The molecule has 0 bridgehead atoms. The zero-order chi connectivity index (χ0) is 9.26. The maximum atomic E-state index is 11.0. The van der Waals surface area contributed by atoms with E-state index in [1.807, 2.05) is 24.3 Å². The first-order valence-electron chi connectivity index (χ1n) is 4.17. The van der Waals surface area contributed by atoms with Crippen molar-refractivity contribution in [3.05, 3.63) is 35.4 Å². The van der Waals surface area contributed by atoms with E-state index < -0.39 is 11.1 Å². The van der Waals surface area contributed by atoms with Gasteiger partial charge in [-0.2, -0.15) is 0 Å². The van der Waals surface area contributed by atoms with E-state index in [0.717, 1.165) is 17.7 Å². The molecule has 1 heterocycles. The number of rotatable bonds is 1. The van der Waals surface area contributed by atoms with Crippen LogP contribution in [0, 0.1) is 0 Å². The van der Waals surface area contributed by atoms with Gasteiger partial charge in [-0.15, -0.1) is 0 Å². The van der Waals surface area contributed by atoms with Crippen LogP contribution in [0.5, 0.6) is 0 Å². The molecule has 0 radical (unpaired) electrons. The van der Waals surface area contributed by atoms with Crippen LogP contribution >= 0.6 is 0 Å². The first kappa shape index (κ1) is 12.4. The standard InChI is InChI=1S/C9H11NO2S.Na.H/c11-13(12)9-6-10-5-7-3-1-2-4-8(7)9;;/h1-4,9-10H,5-6H2,(H,11,12);;/q;+1;-1. The molecule has 3 nitrogen and oxygen atoms in total. The summed E-state index contributed by atoms with van der Waals surface area (Å²) < 4.78 is 20.0. The van der Waals surface area contributed by atoms with Gasteiger partial charge in [-0.25, -0.2) is 4.21 Å². The quantitative estimate of drug-likeness (QED) is 0.433. The van der Waals surface area contributed by atoms with Gasteiger partial charge in [0.1, 0.15) is 0 Å². The summed E-state index contributed by atoms with van der Waals surface area (Å²) in [6.45, 7) is 1.38. The zero-order valence-electron chi connectivity index (χ0n) is 9.06. The van der Waals surface area contributed by atoms with Crippen molar-refractivity contribution in [2.45, 2.75) is 11.8 Å². The topological polar surface area (TPSA) is 49.3 Å². The average molecular weight is 221 g/mol. The van der Waals surface area contributed by atoms with E-state index in [2.05, 4.69) is 5.32 Å². The summed E-state index contributed by atoms with van der Waals surface area (Å²) in [5, 5.41) is 2.85. The molecule has 1 aromatic rings. The molecule has 14 heavy (non-hydrogen) atoms. The van der Waals surface area contributed by atoms with E-state index in [1.54, 1.807) is 0 Å². The Balaban J connectivity index is 0.000000980. The molecule has 0 fully saturated rings. The third kappa shape index (κ3) is 2.45. The van der Waals surface area contributed by atoms with Crippen LogP contribution in [0.25, 0.3) is 0 Å². The van der Waals surface area contributed by atoms with Crippen molar-refractivity contribution in [1.29, 1.82) is 0 Å². The van der Waals surface area contributed by atoms with Gasteiger partial charge in [-0.3, -0.25) is 0 Å². The number of hydrogen-bond donors (Lipinski definition) is 2. The third-order valence-corrected chi connectivity index (χ3v) is 3.20. The largest absolute Gasteiger partial charge is 1.00 e. The van der Waals surface area contributed by atoms with Crippen molar-refractivity contribution < 1.29 is 39.7 Å². The van der Waals surface area contributed by atoms with Gasteiger partial charge >= 0.3 is 29.6 Å². The van der Waals surface area contributed by atoms with Crippen LogP contribution in [0.3, 0.4) is 0 Å². The fourth-order valence-electron chi connectivity index (χ4n) is 1.64. The minimum Gasteiger partial charge on any atom is -1.00 e. The van der Waals surface area contributed by atoms with Gasteiger partial charge < -0.3 is 11.3 Å². The second-order valence-corrected chi connectivity index (χ2v) is 4.22. The summed E-state index contributed by atoms with van der Waals surface area (Å²) in [6.07, 6.45) is 0. The predicted molar refractivity (Wildman–Crippen MR) is 52.8 cm³/mol. The normalized spacial score (nSPS) is 21.9. The Kier molecular flexibility index (Phi) is 4.76. The van der Waals surface area contributed by atoms with Crippen LogP contribution < -0.4 is 34.9 Å². The molecule has 2 atom stereocenters.